The summed E-state index contributed by atoms with van der Waals surface area (Å²) in [5, 5.41) is 2.95. The average Bonchev–Trinajstić information content (AvgIpc) is 2.25. The van der Waals surface area contributed by atoms with Gasteiger partial charge in [-0.3, -0.25) is 0 Å². The van der Waals surface area contributed by atoms with Crippen LogP contribution < -0.4 is 5.32 Å². The molecule has 0 saturated heterocycles. The third kappa shape index (κ3) is 4.78. The Labute approximate surface area is 100.0 Å². The van der Waals surface area contributed by atoms with E-state index in [1.807, 2.05) is 20.9 Å². The van der Waals surface area contributed by atoms with Gasteiger partial charge in [0.1, 0.15) is 0 Å². The van der Waals surface area contributed by atoms with Gasteiger partial charge in [-0.25, -0.2) is 0 Å². The Bertz CT molecular complexity index is 261. The maximum atomic E-state index is 12.1. The molecule has 0 saturated carbocycles. The van der Waals surface area contributed by atoms with Crippen molar-refractivity contribution in [2.24, 2.45) is 0 Å². The van der Waals surface area contributed by atoms with Gasteiger partial charge in [-0.15, -0.1) is 0 Å². The summed E-state index contributed by atoms with van der Waals surface area (Å²) in [6.45, 7) is 6.35. The summed E-state index contributed by atoms with van der Waals surface area (Å²) >= 11 is 0. The lowest BCUT2D eigenvalue weighted by Gasteiger charge is -2.26. The topological polar surface area (TPSA) is 52.7 Å². The van der Waals surface area contributed by atoms with Crippen LogP contribution in [-0.4, -0.2) is 57.3 Å². The highest BCUT2D eigenvalue weighted by atomic mass is 32.2. The summed E-state index contributed by atoms with van der Waals surface area (Å²) in [6, 6.07) is 0. The van der Waals surface area contributed by atoms with Crippen molar-refractivity contribution >= 4 is 10.2 Å². The summed E-state index contributed by atoms with van der Waals surface area (Å²) in [6.07, 6.45) is 1.69. The molecule has 0 aromatic heterocycles. The summed E-state index contributed by atoms with van der Waals surface area (Å²) in [7, 11) is 0.175. The molecule has 0 aromatic carbocycles. The van der Waals surface area contributed by atoms with E-state index in [9.17, 15) is 8.42 Å². The minimum absolute atomic E-state index is 0.503. The molecular formula is C10H25N3O2S. The van der Waals surface area contributed by atoms with Gasteiger partial charge in [0.2, 0.25) is 0 Å². The lowest BCUT2D eigenvalue weighted by atomic mass is 10.4. The van der Waals surface area contributed by atoms with Crippen LogP contribution in [0.15, 0.2) is 0 Å². The number of hydrogen-bond acceptors (Lipinski definition) is 3. The van der Waals surface area contributed by atoms with Crippen molar-refractivity contribution in [3.05, 3.63) is 0 Å². The minimum atomic E-state index is -3.27. The highest BCUT2D eigenvalue weighted by molar-refractivity contribution is 7.86. The van der Waals surface area contributed by atoms with Crippen molar-refractivity contribution in [1.82, 2.24) is 13.9 Å². The Hall–Kier alpha value is -0.170. The van der Waals surface area contributed by atoms with E-state index in [2.05, 4.69) is 5.32 Å². The number of rotatable bonds is 9. The normalized spacial score (nSPS) is 12.6. The molecule has 0 spiro atoms. The van der Waals surface area contributed by atoms with Crippen LogP contribution in [0.25, 0.3) is 0 Å². The zero-order chi connectivity index (χ0) is 12.6. The maximum Gasteiger partial charge on any atom is 0.281 e. The highest BCUT2D eigenvalue weighted by Gasteiger charge is 2.24. The fraction of sp³-hybridized carbons (Fsp3) is 1.00. The Balaban J connectivity index is 4.56. The van der Waals surface area contributed by atoms with Crippen LogP contribution in [0.5, 0.6) is 0 Å². The fourth-order valence-corrected chi connectivity index (χ4v) is 2.97. The second-order valence-corrected chi connectivity index (χ2v) is 5.87. The SMILES string of the molecule is CCCN(CCC)S(=O)(=O)N(C)CCNC. The summed E-state index contributed by atoms with van der Waals surface area (Å²) in [5.41, 5.74) is 0. The molecule has 0 aromatic rings. The van der Waals surface area contributed by atoms with Crippen molar-refractivity contribution < 1.29 is 8.42 Å². The molecule has 0 bridgehead atoms. The third-order valence-electron chi connectivity index (χ3n) is 2.34. The molecule has 0 aliphatic heterocycles. The smallest absolute Gasteiger partial charge is 0.281 e. The van der Waals surface area contributed by atoms with Crippen LogP contribution >= 0.6 is 0 Å². The first-order valence-corrected chi connectivity index (χ1v) is 7.26. The predicted octanol–water partition coefficient (Wildman–Crippen LogP) is 0.504. The van der Waals surface area contributed by atoms with Crippen molar-refractivity contribution in [3.63, 3.8) is 0 Å². The van der Waals surface area contributed by atoms with E-state index < -0.39 is 10.2 Å². The Morgan fingerprint density at radius 2 is 1.56 bits per heavy atom. The molecule has 0 rings (SSSR count). The second kappa shape index (κ2) is 8.00. The fourth-order valence-electron chi connectivity index (χ4n) is 1.42. The Morgan fingerprint density at radius 1 is 1.06 bits per heavy atom. The van der Waals surface area contributed by atoms with E-state index in [0.29, 0.717) is 26.2 Å². The molecule has 0 unspecified atom stereocenters. The average molecular weight is 251 g/mol. The van der Waals surface area contributed by atoms with E-state index in [0.717, 1.165) is 12.8 Å². The second-order valence-electron chi connectivity index (χ2n) is 3.83. The third-order valence-corrected chi connectivity index (χ3v) is 4.33. The van der Waals surface area contributed by atoms with Crippen LogP contribution in [0.1, 0.15) is 26.7 Å². The first kappa shape index (κ1) is 15.8. The molecule has 5 nitrogen and oxygen atoms in total. The number of likely N-dealkylation sites (N-methyl/N-ethyl adjacent to an activating group) is 2. The van der Waals surface area contributed by atoms with Gasteiger partial charge < -0.3 is 5.32 Å². The van der Waals surface area contributed by atoms with Gasteiger partial charge in [-0.1, -0.05) is 13.8 Å². The van der Waals surface area contributed by atoms with E-state index in [-0.39, 0.29) is 0 Å². The maximum absolute atomic E-state index is 12.1. The quantitative estimate of drug-likeness (QED) is 0.649. The summed E-state index contributed by atoms with van der Waals surface area (Å²) in [4.78, 5) is 0. The van der Waals surface area contributed by atoms with E-state index >= 15 is 0 Å². The minimum Gasteiger partial charge on any atom is -0.318 e. The summed E-state index contributed by atoms with van der Waals surface area (Å²) < 4.78 is 27.3. The van der Waals surface area contributed by atoms with Gasteiger partial charge in [-0.05, 0) is 19.9 Å². The molecule has 6 heteroatoms. The first-order chi connectivity index (χ1) is 7.50. The zero-order valence-electron chi connectivity index (χ0n) is 10.9. The van der Waals surface area contributed by atoms with E-state index in [1.54, 1.807) is 11.4 Å². The van der Waals surface area contributed by atoms with Gasteiger partial charge in [0, 0.05) is 33.2 Å². The van der Waals surface area contributed by atoms with Gasteiger partial charge >= 0.3 is 0 Å². The van der Waals surface area contributed by atoms with Crippen molar-refractivity contribution in [2.75, 3.05) is 40.3 Å². The molecule has 0 aliphatic rings. The van der Waals surface area contributed by atoms with Crippen molar-refractivity contribution in [2.45, 2.75) is 26.7 Å². The van der Waals surface area contributed by atoms with Crippen LogP contribution in [-0.2, 0) is 10.2 Å². The molecular weight excluding hydrogens is 226 g/mol. The monoisotopic (exact) mass is 251 g/mol. The molecule has 0 heterocycles. The summed E-state index contributed by atoms with van der Waals surface area (Å²) in [5.74, 6) is 0. The number of nitrogens with zero attached hydrogens (tertiary/aromatic N) is 2. The van der Waals surface area contributed by atoms with Crippen LogP contribution in [0.3, 0.4) is 0 Å². The van der Waals surface area contributed by atoms with Gasteiger partial charge in [-0.2, -0.15) is 17.0 Å². The molecule has 1 N–H and O–H groups in total. The van der Waals surface area contributed by atoms with Gasteiger partial charge in [0.05, 0.1) is 0 Å². The van der Waals surface area contributed by atoms with Crippen LogP contribution in [0, 0.1) is 0 Å². The van der Waals surface area contributed by atoms with Crippen molar-refractivity contribution in [1.29, 1.82) is 0 Å². The lowest BCUT2D eigenvalue weighted by molar-refractivity contribution is 0.357. The standard InChI is InChI=1S/C10H25N3O2S/c1-5-8-13(9-6-2)16(14,15)12(4)10-7-11-3/h11H,5-10H2,1-4H3. The van der Waals surface area contributed by atoms with Crippen LogP contribution in [0.2, 0.25) is 0 Å². The van der Waals surface area contributed by atoms with E-state index in [4.69, 9.17) is 0 Å². The van der Waals surface area contributed by atoms with Crippen LogP contribution in [0.4, 0.5) is 0 Å². The Morgan fingerprint density at radius 3 is 1.94 bits per heavy atom. The molecule has 98 valence electrons. The highest BCUT2D eigenvalue weighted by Crippen LogP contribution is 2.07. The van der Waals surface area contributed by atoms with Crippen molar-refractivity contribution in [3.8, 4) is 0 Å². The molecule has 16 heavy (non-hydrogen) atoms. The first-order valence-electron chi connectivity index (χ1n) is 5.86. The number of hydrogen-bond donors (Lipinski definition) is 1. The van der Waals surface area contributed by atoms with Gasteiger partial charge in [0.15, 0.2) is 0 Å². The van der Waals surface area contributed by atoms with E-state index in [1.165, 1.54) is 4.31 Å². The largest absolute Gasteiger partial charge is 0.318 e. The molecule has 0 radical (unpaired) electrons. The molecule has 0 atom stereocenters. The molecule has 0 aliphatic carbocycles. The van der Waals surface area contributed by atoms with Gasteiger partial charge in [0.25, 0.3) is 10.2 Å². The molecule has 0 fully saturated rings. The predicted molar refractivity (Wildman–Crippen MR) is 67.6 cm³/mol. The Kier molecular flexibility index (Phi) is 7.91. The molecule has 0 amide bonds. The zero-order valence-corrected chi connectivity index (χ0v) is 11.7. The number of nitrogens with one attached hydrogen (secondary N) is 1. The lowest BCUT2D eigenvalue weighted by Crippen LogP contribution is -2.44.